The molecule has 0 aliphatic carbocycles. The first-order valence-electron chi connectivity index (χ1n) is 14.6. The summed E-state index contributed by atoms with van der Waals surface area (Å²) in [5.41, 5.74) is 4.05. The Morgan fingerprint density at radius 1 is 0.978 bits per heavy atom. The van der Waals surface area contributed by atoms with Gasteiger partial charge >= 0.3 is 0 Å². The average Bonchev–Trinajstić information content (AvgIpc) is 3.44. The summed E-state index contributed by atoms with van der Waals surface area (Å²) in [5, 5.41) is 11.3. The van der Waals surface area contributed by atoms with Crippen LogP contribution in [0, 0.1) is 11.7 Å². The second kappa shape index (κ2) is 14.3. The Morgan fingerprint density at radius 2 is 1.69 bits per heavy atom. The molecule has 5 aromatic rings. The number of hydrogen-bond acceptors (Lipinski definition) is 7. The van der Waals surface area contributed by atoms with Crippen LogP contribution in [-0.4, -0.2) is 59.6 Å². The highest BCUT2D eigenvalue weighted by molar-refractivity contribution is 7.92. The second-order valence-corrected chi connectivity index (χ2v) is 12.6. The molecule has 3 aromatic carbocycles. The first-order valence-corrected chi connectivity index (χ1v) is 16.1. The average molecular weight is 631 g/mol. The van der Waals surface area contributed by atoms with Crippen LogP contribution in [0.15, 0.2) is 96.3 Å². The van der Waals surface area contributed by atoms with E-state index in [-0.39, 0.29) is 6.47 Å². The number of carboxylic acid groups (broad SMARTS) is 1. The van der Waals surface area contributed by atoms with E-state index in [1.54, 1.807) is 24.3 Å². The summed E-state index contributed by atoms with van der Waals surface area (Å²) >= 11 is 0. The minimum absolute atomic E-state index is 0.250. The van der Waals surface area contributed by atoms with E-state index >= 15 is 0 Å². The third-order valence-electron chi connectivity index (χ3n) is 7.89. The number of nitrogens with zero attached hydrogens (tertiary/aromatic N) is 4. The summed E-state index contributed by atoms with van der Waals surface area (Å²) in [6.45, 7) is 3.17. The molecule has 0 amide bonds. The molecule has 0 atom stereocenters. The maximum absolute atomic E-state index is 14.0. The number of likely N-dealkylation sites (tertiary alicyclic amines) is 1. The lowest BCUT2D eigenvalue weighted by Gasteiger charge is -2.29. The molecule has 10 nitrogen and oxygen atoms in total. The van der Waals surface area contributed by atoms with Gasteiger partial charge in [-0.25, -0.2) is 22.8 Å². The number of rotatable bonds is 9. The van der Waals surface area contributed by atoms with Crippen LogP contribution < -0.4 is 10.0 Å². The summed E-state index contributed by atoms with van der Waals surface area (Å²) in [4.78, 5) is 19.2. The summed E-state index contributed by atoms with van der Waals surface area (Å²) in [6.07, 6.45) is 7.46. The molecule has 3 N–H and O–H groups in total. The lowest BCUT2D eigenvalue weighted by Crippen LogP contribution is -2.30. The van der Waals surface area contributed by atoms with Gasteiger partial charge in [-0.3, -0.25) is 9.52 Å². The predicted molar refractivity (Wildman–Crippen MR) is 173 cm³/mol. The molecule has 1 fully saturated rings. The molecule has 0 spiro atoms. The zero-order chi connectivity index (χ0) is 31.8. The van der Waals surface area contributed by atoms with Crippen molar-refractivity contribution in [3.05, 3.63) is 97.2 Å². The third kappa shape index (κ3) is 8.02. The molecule has 0 bridgehead atoms. The number of nitrogens with one attached hydrogen (secondary N) is 2. The van der Waals surface area contributed by atoms with Crippen LogP contribution in [0.1, 0.15) is 19.3 Å². The van der Waals surface area contributed by atoms with Crippen molar-refractivity contribution in [2.75, 3.05) is 30.2 Å². The Hall–Kier alpha value is -4.81. The second-order valence-electron chi connectivity index (χ2n) is 11.0. The molecule has 0 unspecified atom stereocenters. The fourth-order valence-electron chi connectivity index (χ4n) is 5.45. The summed E-state index contributed by atoms with van der Waals surface area (Å²) in [5.74, 6) is 0.599. The fraction of sp³-hybridized carbons (Fsp3) is 0.242. The molecule has 12 heteroatoms. The first-order chi connectivity index (χ1) is 21.8. The molecular formula is C33H35FN6O4S. The monoisotopic (exact) mass is 630 g/mol. The number of benzene rings is 3. The molecule has 3 heterocycles. The maximum Gasteiger partial charge on any atom is 0.290 e. The van der Waals surface area contributed by atoms with Crippen molar-refractivity contribution in [3.63, 3.8) is 0 Å². The summed E-state index contributed by atoms with van der Waals surface area (Å²) < 4.78 is 43.9. The molecule has 0 radical (unpaired) electrons. The van der Waals surface area contributed by atoms with Crippen LogP contribution in [-0.2, 0) is 21.4 Å². The van der Waals surface area contributed by atoms with Crippen LogP contribution in [0.5, 0.6) is 0 Å². The number of fused-ring (bicyclic) bond motifs is 1. The highest BCUT2D eigenvalue weighted by Gasteiger charge is 2.19. The molecule has 234 valence electrons. The van der Waals surface area contributed by atoms with E-state index in [1.807, 2.05) is 6.07 Å². The highest BCUT2D eigenvalue weighted by atomic mass is 32.2. The largest absolute Gasteiger partial charge is 0.483 e. The lowest BCUT2D eigenvalue weighted by atomic mass is 9.94. The van der Waals surface area contributed by atoms with Gasteiger partial charge in [-0.1, -0.05) is 18.2 Å². The van der Waals surface area contributed by atoms with Crippen LogP contribution >= 0.6 is 0 Å². The van der Waals surface area contributed by atoms with E-state index in [2.05, 4.69) is 67.0 Å². The Bertz CT molecular complexity index is 1860. The van der Waals surface area contributed by atoms with E-state index in [9.17, 15) is 12.8 Å². The SMILES string of the molecule is CN1CCC(CCn2ccc3cc(-c4cc(Nc5ccc(NS(=O)(=O)c6ccccc6F)cc5)ncn4)ccc32)CC1.O=CO. The van der Waals surface area contributed by atoms with E-state index in [4.69, 9.17) is 9.90 Å². The highest BCUT2D eigenvalue weighted by Crippen LogP contribution is 2.28. The lowest BCUT2D eigenvalue weighted by molar-refractivity contribution is -0.122. The molecule has 0 saturated carbocycles. The zero-order valence-electron chi connectivity index (χ0n) is 24.8. The molecule has 45 heavy (non-hydrogen) atoms. The van der Waals surface area contributed by atoms with Crippen molar-refractivity contribution in [1.82, 2.24) is 19.4 Å². The molecule has 6 rings (SSSR count). The van der Waals surface area contributed by atoms with Crippen LogP contribution in [0.25, 0.3) is 22.2 Å². The van der Waals surface area contributed by atoms with Gasteiger partial charge in [0.2, 0.25) is 0 Å². The zero-order valence-corrected chi connectivity index (χ0v) is 25.6. The Morgan fingerprint density at radius 3 is 2.42 bits per heavy atom. The van der Waals surface area contributed by atoms with E-state index in [1.165, 1.54) is 67.8 Å². The molecule has 1 aliphatic heterocycles. The molecule has 2 aromatic heterocycles. The maximum atomic E-state index is 14.0. The minimum atomic E-state index is -4.05. The van der Waals surface area contributed by atoms with Crippen LogP contribution in [0.2, 0.25) is 0 Å². The topological polar surface area (TPSA) is 129 Å². The summed E-state index contributed by atoms with van der Waals surface area (Å²) in [7, 11) is -1.84. The van der Waals surface area contributed by atoms with Crippen molar-refractivity contribution >= 4 is 44.6 Å². The smallest absolute Gasteiger partial charge is 0.290 e. The van der Waals surface area contributed by atoms with Crippen molar-refractivity contribution in [2.45, 2.75) is 30.7 Å². The van der Waals surface area contributed by atoms with Gasteiger partial charge in [0, 0.05) is 46.6 Å². The van der Waals surface area contributed by atoms with E-state index < -0.39 is 20.7 Å². The minimum Gasteiger partial charge on any atom is -0.483 e. The number of aromatic nitrogens is 3. The van der Waals surface area contributed by atoms with Crippen LogP contribution in [0.3, 0.4) is 0 Å². The van der Waals surface area contributed by atoms with Gasteiger partial charge in [0.15, 0.2) is 0 Å². The summed E-state index contributed by atoms with van der Waals surface area (Å²) in [6, 6.07) is 22.4. The Kier molecular flexibility index (Phi) is 10.1. The van der Waals surface area contributed by atoms with Crippen LogP contribution in [0.4, 0.5) is 21.6 Å². The van der Waals surface area contributed by atoms with Gasteiger partial charge in [0.25, 0.3) is 16.5 Å². The standard InChI is InChI=1S/C32H33FN6O2S.CH2O2/c1-38-16-12-23(13-17-38)14-18-39-19-15-25-20-24(6-11-30(25)39)29-21-32(35-22-34-29)36-26-7-9-27(10-8-26)37-42(40,41)31-5-3-2-4-28(31)33;2-1-3/h2-11,15,19-23,37H,12-14,16-18H2,1H3,(H,34,35,36);1H,(H,2,3). The Labute approximate surface area is 261 Å². The number of sulfonamides is 1. The van der Waals surface area contributed by atoms with Crippen molar-refractivity contribution < 1.29 is 22.7 Å². The fourth-order valence-corrected chi connectivity index (χ4v) is 6.59. The van der Waals surface area contributed by atoms with Crippen molar-refractivity contribution in [2.24, 2.45) is 5.92 Å². The van der Waals surface area contributed by atoms with E-state index in [0.717, 1.165) is 29.8 Å². The van der Waals surface area contributed by atoms with Gasteiger partial charge in [-0.15, -0.1) is 0 Å². The quantitative estimate of drug-likeness (QED) is 0.164. The van der Waals surface area contributed by atoms with E-state index in [0.29, 0.717) is 17.2 Å². The van der Waals surface area contributed by atoms with Gasteiger partial charge in [0.05, 0.1) is 5.69 Å². The van der Waals surface area contributed by atoms with Gasteiger partial charge in [0.1, 0.15) is 22.9 Å². The van der Waals surface area contributed by atoms with Gasteiger partial charge < -0.3 is 19.9 Å². The number of halogens is 1. The molecule has 1 saturated heterocycles. The molecular weight excluding hydrogens is 595 g/mol. The first kappa shape index (κ1) is 31.6. The normalized spacial score (nSPS) is 14.0. The number of carbonyl (C=O) groups is 1. The predicted octanol–water partition coefficient (Wildman–Crippen LogP) is 6.21. The van der Waals surface area contributed by atoms with Gasteiger partial charge in [-0.2, -0.15) is 0 Å². The number of hydrogen-bond donors (Lipinski definition) is 3. The van der Waals surface area contributed by atoms with Gasteiger partial charge in [-0.05, 0) is 99.9 Å². The number of aryl methyl sites for hydroxylation is 1. The van der Waals surface area contributed by atoms with Crippen molar-refractivity contribution in [3.8, 4) is 11.3 Å². The van der Waals surface area contributed by atoms with Crippen molar-refractivity contribution in [1.29, 1.82) is 0 Å². The third-order valence-corrected chi connectivity index (χ3v) is 9.30. The number of piperidine rings is 1. The molecule has 1 aliphatic rings. The Balaban J connectivity index is 0.00000128. The number of anilines is 3.